The molecule has 192 valence electrons. The zero-order valence-electron chi connectivity index (χ0n) is 21.9. The van der Waals surface area contributed by atoms with Gasteiger partial charge in [0.1, 0.15) is 0 Å². The van der Waals surface area contributed by atoms with Gasteiger partial charge in [0.05, 0.1) is 21.7 Å². The monoisotopic (exact) mass is 496 g/mol. The van der Waals surface area contributed by atoms with Crippen LogP contribution in [-0.4, -0.2) is 46.3 Å². The van der Waals surface area contributed by atoms with E-state index < -0.39 is 67.9 Å². The molecule has 0 bridgehead atoms. The molecular weight excluding hydrogens is 464 g/mol. The molecule has 0 heterocycles. The van der Waals surface area contributed by atoms with Crippen molar-refractivity contribution in [1.82, 2.24) is 0 Å². The minimum atomic E-state index is -1.64. The highest BCUT2D eigenvalue weighted by molar-refractivity contribution is 6.23. The molecule has 0 fully saturated rings. The zero-order chi connectivity index (χ0) is 28.3. The van der Waals surface area contributed by atoms with Gasteiger partial charge in [0.15, 0.2) is 46.3 Å². The fourth-order valence-electron chi connectivity index (χ4n) is 2.76. The molecule has 1 aliphatic rings. The Balaban J connectivity index is 3.62. The predicted molar refractivity (Wildman–Crippen MR) is 132 cm³/mol. The first-order valence-corrected chi connectivity index (χ1v) is 11.3. The Kier molecular flexibility index (Phi) is 8.87. The van der Waals surface area contributed by atoms with Crippen molar-refractivity contribution >= 4 is 46.3 Å². The molecule has 1 aliphatic carbocycles. The molecule has 0 aromatic carbocycles. The Morgan fingerprint density at radius 1 is 0.278 bits per heavy atom. The molecule has 36 heavy (non-hydrogen) atoms. The molecule has 8 heteroatoms. The maximum absolute atomic E-state index is 12.6. The Labute approximate surface area is 210 Å². The van der Waals surface area contributed by atoms with E-state index in [4.69, 9.17) is 0 Å². The van der Waals surface area contributed by atoms with Gasteiger partial charge in [-0.25, -0.2) is 0 Å². The minimum absolute atomic E-state index is 0.736. The van der Waals surface area contributed by atoms with E-state index in [2.05, 4.69) is 0 Å². The van der Waals surface area contributed by atoms with Crippen molar-refractivity contribution in [2.24, 2.45) is 21.7 Å². The van der Waals surface area contributed by atoms with Gasteiger partial charge in [0.25, 0.3) is 0 Å². The van der Waals surface area contributed by atoms with Crippen molar-refractivity contribution in [3.8, 4) is 0 Å². The second-order valence-electron chi connectivity index (χ2n) is 10.7. The third kappa shape index (κ3) is 6.30. The van der Waals surface area contributed by atoms with E-state index in [-0.39, 0.29) is 0 Å². The highest BCUT2D eigenvalue weighted by atomic mass is 16.2. The number of hydrogen-bond acceptors (Lipinski definition) is 8. The fourth-order valence-corrected chi connectivity index (χ4v) is 2.76. The van der Waals surface area contributed by atoms with Crippen molar-refractivity contribution in [2.45, 2.75) is 55.4 Å². The van der Waals surface area contributed by atoms with E-state index in [0.717, 1.165) is 48.6 Å². The fraction of sp³-hybridized carbons (Fsp3) is 0.429. The van der Waals surface area contributed by atoms with Crippen molar-refractivity contribution in [3.05, 3.63) is 48.6 Å². The normalized spacial score (nSPS) is 23.3. The molecule has 0 atom stereocenters. The van der Waals surface area contributed by atoms with Crippen LogP contribution in [0, 0.1) is 21.7 Å². The lowest BCUT2D eigenvalue weighted by Gasteiger charge is -2.21. The molecule has 8 nitrogen and oxygen atoms in total. The number of rotatable bonds is 0. The molecule has 0 unspecified atom stereocenters. The number of hydrogen-bond donors (Lipinski definition) is 0. The van der Waals surface area contributed by atoms with Crippen LogP contribution in [-0.2, 0) is 38.4 Å². The quantitative estimate of drug-likeness (QED) is 0.467. The number of allylic oxidation sites excluding steroid dienone is 8. The molecule has 0 N–H and O–H groups in total. The van der Waals surface area contributed by atoms with Crippen molar-refractivity contribution < 1.29 is 38.4 Å². The lowest BCUT2D eigenvalue weighted by Crippen LogP contribution is -2.35. The summed E-state index contributed by atoms with van der Waals surface area (Å²) in [7, 11) is 0. The van der Waals surface area contributed by atoms with Gasteiger partial charge >= 0.3 is 0 Å². The molecule has 1 rings (SSSR count). The van der Waals surface area contributed by atoms with E-state index in [1.165, 1.54) is 55.4 Å². The number of carbonyl (C=O) groups excluding carboxylic acids is 8. The first-order chi connectivity index (χ1) is 16.2. The average molecular weight is 497 g/mol. The summed E-state index contributed by atoms with van der Waals surface area (Å²) in [6, 6.07) is 0. The molecule has 0 aromatic rings. The summed E-state index contributed by atoms with van der Waals surface area (Å²) >= 11 is 0. The zero-order valence-corrected chi connectivity index (χ0v) is 21.9. The van der Waals surface area contributed by atoms with Crippen LogP contribution in [0.25, 0.3) is 0 Å². The van der Waals surface area contributed by atoms with Gasteiger partial charge in [-0.2, -0.15) is 0 Å². The van der Waals surface area contributed by atoms with Gasteiger partial charge in [-0.1, -0.05) is 0 Å². The Morgan fingerprint density at radius 3 is 0.444 bits per heavy atom. The van der Waals surface area contributed by atoms with E-state index in [1.54, 1.807) is 0 Å². The van der Waals surface area contributed by atoms with Crippen LogP contribution in [0.1, 0.15) is 55.4 Å². The van der Waals surface area contributed by atoms with Crippen LogP contribution in [0.4, 0.5) is 0 Å². The van der Waals surface area contributed by atoms with E-state index in [0.29, 0.717) is 0 Å². The van der Waals surface area contributed by atoms with Crippen molar-refractivity contribution in [2.75, 3.05) is 0 Å². The molecule has 0 radical (unpaired) electrons. The van der Waals surface area contributed by atoms with Crippen LogP contribution in [0.3, 0.4) is 0 Å². The topological polar surface area (TPSA) is 137 Å². The van der Waals surface area contributed by atoms with Crippen LogP contribution in [0.15, 0.2) is 48.6 Å². The van der Waals surface area contributed by atoms with Crippen LogP contribution < -0.4 is 0 Å². The molecular formula is C28H32O8. The van der Waals surface area contributed by atoms with Gasteiger partial charge in [-0.15, -0.1) is 0 Å². The largest absolute Gasteiger partial charge is 0.294 e. The minimum Gasteiger partial charge on any atom is -0.294 e. The molecule has 0 amide bonds. The van der Waals surface area contributed by atoms with E-state index in [1.807, 2.05) is 0 Å². The summed E-state index contributed by atoms with van der Waals surface area (Å²) in [6.45, 7) is 10.5. The molecule has 0 spiro atoms. The smallest absolute Gasteiger partial charge is 0.169 e. The molecule has 0 saturated carbocycles. The third-order valence-corrected chi connectivity index (χ3v) is 6.47. The van der Waals surface area contributed by atoms with Gasteiger partial charge in [-0.05, 0) is 104 Å². The second-order valence-corrected chi connectivity index (χ2v) is 10.7. The van der Waals surface area contributed by atoms with Crippen LogP contribution >= 0.6 is 0 Å². The first kappa shape index (κ1) is 30.4. The lowest BCUT2D eigenvalue weighted by atomic mass is 9.78. The first-order valence-electron chi connectivity index (χ1n) is 11.3. The van der Waals surface area contributed by atoms with E-state index in [9.17, 15) is 38.4 Å². The third-order valence-electron chi connectivity index (χ3n) is 6.47. The van der Waals surface area contributed by atoms with Crippen molar-refractivity contribution in [1.29, 1.82) is 0 Å². The standard InChI is InChI=1S/C28H32O8/c1-25(2)17(29)9-11-19(31)26(3,4)21(33)13-15-23(35)28(7,8)24(36)16-14-22(34)27(5,6)20(32)12-10-18(25)30/h9-16H,1-8H3. The Bertz CT molecular complexity index is 900. The maximum atomic E-state index is 12.6. The summed E-state index contributed by atoms with van der Waals surface area (Å²) in [5, 5.41) is 0. The molecule has 0 aliphatic heterocycles. The summed E-state index contributed by atoms with van der Waals surface area (Å²) in [5.41, 5.74) is -6.55. The highest BCUT2D eigenvalue weighted by Crippen LogP contribution is 2.26. The summed E-state index contributed by atoms with van der Waals surface area (Å²) in [4.78, 5) is 101. The molecule has 0 saturated heterocycles. The highest BCUT2D eigenvalue weighted by Gasteiger charge is 2.38. The van der Waals surface area contributed by atoms with Crippen molar-refractivity contribution in [3.63, 3.8) is 0 Å². The van der Waals surface area contributed by atoms with Gasteiger partial charge in [-0.3, -0.25) is 38.4 Å². The lowest BCUT2D eigenvalue weighted by molar-refractivity contribution is -0.136. The van der Waals surface area contributed by atoms with Gasteiger partial charge in [0, 0.05) is 0 Å². The summed E-state index contributed by atoms with van der Waals surface area (Å²) < 4.78 is 0. The molecule has 0 aromatic heterocycles. The van der Waals surface area contributed by atoms with Gasteiger partial charge < -0.3 is 0 Å². The maximum Gasteiger partial charge on any atom is 0.169 e. The number of carbonyl (C=O) groups is 8. The summed E-state index contributed by atoms with van der Waals surface area (Å²) in [5.74, 6) is -5.89. The van der Waals surface area contributed by atoms with Gasteiger partial charge in [0.2, 0.25) is 0 Å². The Hall–Kier alpha value is -3.68. The number of ketones is 8. The van der Waals surface area contributed by atoms with Crippen LogP contribution in [0.5, 0.6) is 0 Å². The Morgan fingerprint density at radius 2 is 0.361 bits per heavy atom. The average Bonchev–Trinajstić information content (AvgIpc) is 2.80. The SMILES string of the molecule is CC1(C)C(=O)C=CC(=O)C(C)(C)C(=O)C=CC(=O)C(C)(C)C(=O)C=CC(=O)C(C)(C)C(=O)C=CC1=O. The predicted octanol–water partition coefficient (Wildman–Crippen LogP) is 2.88. The summed E-state index contributed by atoms with van der Waals surface area (Å²) in [6.07, 6.45) is 7.10. The van der Waals surface area contributed by atoms with E-state index >= 15 is 0 Å². The second kappa shape index (κ2) is 10.5. The van der Waals surface area contributed by atoms with Crippen LogP contribution in [0.2, 0.25) is 0 Å².